The van der Waals surface area contributed by atoms with E-state index in [4.69, 9.17) is 0 Å². The van der Waals surface area contributed by atoms with Crippen LogP contribution < -0.4 is 14.9 Å². The van der Waals surface area contributed by atoms with Crippen LogP contribution in [0, 0.1) is 5.92 Å². The number of benzene rings is 1. The molecule has 0 saturated carbocycles. The third-order valence-corrected chi connectivity index (χ3v) is 7.99. The normalized spacial score (nSPS) is 16.1. The van der Waals surface area contributed by atoms with E-state index >= 15 is 0 Å². The number of amides is 1. The first-order valence-electron chi connectivity index (χ1n) is 11.8. The summed E-state index contributed by atoms with van der Waals surface area (Å²) in [5.74, 6) is -0.0946. The lowest BCUT2D eigenvalue weighted by Gasteiger charge is -2.33. The van der Waals surface area contributed by atoms with E-state index in [1.807, 2.05) is 4.90 Å². The Morgan fingerprint density at radius 2 is 1.89 bits per heavy atom. The number of anilines is 2. The molecule has 1 atom stereocenters. The topological polar surface area (TPSA) is 104 Å². The molecule has 0 radical (unpaired) electrons. The van der Waals surface area contributed by atoms with Gasteiger partial charge in [-0.2, -0.15) is 13.2 Å². The van der Waals surface area contributed by atoms with Crippen molar-refractivity contribution in [3.05, 3.63) is 47.2 Å². The Morgan fingerprint density at radius 1 is 1.19 bits per heavy atom. The van der Waals surface area contributed by atoms with Crippen LogP contribution in [-0.2, 0) is 27.5 Å². The van der Waals surface area contributed by atoms with Crippen LogP contribution in [0.4, 0.5) is 24.1 Å². The van der Waals surface area contributed by atoms with Gasteiger partial charge in [0, 0.05) is 25.2 Å². The maximum Gasteiger partial charge on any atom is 0.433 e. The molecule has 4 rings (SSSR count). The van der Waals surface area contributed by atoms with Gasteiger partial charge in [-0.15, -0.1) is 0 Å². The minimum atomic E-state index is -4.56. The number of halogens is 3. The molecule has 1 unspecified atom stereocenters. The summed E-state index contributed by atoms with van der Waals surface area (Å²) in [4.78, 5) is 23.0. The van der Waals surface area contributed by atoms with Crippen LogP contribution >= 0.6 is 11.3 Å². The van der Waals surface area contributed by atoms with E-state index in [0.29, 0.717) is 35.7 Å². The quantitative estimate of drug-likeness (QED) is 0.437. The van der Waals surface area contributed by atoms with E-state index in [0.717, 1.165) is 41.2 Å². The van der Waals surface area contributed by atoms with Crippen molar-refractivity contribution in [3.63, 3.8) is 0 Å². The van der Waals surface area contributed by atoms with Gasteiger partial charge >= 0.3 is 6.18 Å². The summed E-state index contributed by atoms with van der Waals surface area (Å²) in [6.45, 7) is 5.10. The molecule has 13 heteroatoms. The smallest absolute Gasteiger partial charge is 0.356 e. The van der Waals surface area contributed by atoms with Crippen LogP contribution in [0.3, 0.4) is 0 Å². The standard InChI is InChI=1S/C24H28F3N5O3S2/c1-14-8-10-32(11-9-14)21-17(5-7-20(30-21)24(25,26)27)13-28-22(33)15(2)16-4-6-18-19(12-16)36-23(29-18)31-37(3,34)35/h4-7,12,14-15H,8-11,13H2,1-3H3,(H,28,33)(H,29,31). The summed E-state index contributed by atoms with van der Waals surface area (Å²) < 4.78 is 66.0. The van der Waals surface area contributed by atoms with E-state index < -0.39 is 27.8 Å². The second kappa shape index (κ2) is 10.4. The number of hydrogen-bond donors (Lipinski definition) is 2. The Labute approximate surface area is 217 Å². The summed E-state index contributed by atoms with van der Waals surface area (Å²) in [5.41, 5.74) is 0.879. The zero-order valence-electron chi connectivity index (χ0n) is 20.6. The maximum atomic E-state index is 13.3. The van der Waals surface area contributed by atoms with Crippen LogP contribution in [-0.4, -0.2) is 43.6 Å². The zero-order chi connectivity index (χ0) is 27.0. The van der Waals surface area contributed by atoms with Crippen molar-refractivity contribution in [2.75, 3.05) is 29.0 Å². The Morgan fingerprint density at radius 3 is 2.54 bits per heavy atom. The first kappa shape index (κ1) is 27.1. The van der Waals surface area contributed by atoms with Gasteiger partial charge in [0.25, 0.3) is 0 Å². The van der Waals surface area contributed by atoms with E-state index in [9.17, 15) is 26.4 Å². The fourth-order valence-electron chi connectivity index (χ4n) is 4.17. The van der Waals surface area contributed by atoms with Crippen molar-refractivity contribution in [1.29, 1.82) is 0 Å². The van der Waals surface area contributed by atoms with Gasteiger partial charge in [0.2, 0.25) is 15.9 Å². The molecule has 8 nitrogen and oxygen atoms in total. The Kier molecular flexibility index (Phi) is 7.65. The summed E-state index contributed by atoms with van der Waals surface area (Å²) in [5, 5.41) is 3.07. The number of sulfonamides is 1. The fourth-order valence-corrected chi connectivity index (χ4v) is 5.92. The monoisotopic (exact) mass is 555 g/mol. The number of carbonyl (C=O) groups is 1. The van der Waals surface area contributed by atoms with Crippen molar-refractivity contribution < 1.29 is 26.4 Å². The highest BCUT2D eigenvalue weighted by atomic mass is 32.2. The van der Waals surface area contributed by atoms with Crippen LogP contribution in [0.15, 0.2) is 30.3 Å². The SMILES string of the molecule is CC1CCN(c2nc(C(F)(F)F)ccc2CNC(=O)C(C)c2ccc3nc(NS(C)(=O)=O)sc3c2)CC1. The summed E-state index contributed by atoms with van der Waals surface area (Å²) >= 11 is 1.16. The predicted octanol–water partition coefficient (Wildman–Crippen LogP) is 4.74. The highest BCUT2D eigenvalue weighted by molar-refractivity contribution is 7.92. The van der Waals surface area contributed by atoms with E-state index in [1.54, 1.807) is 25.1 Å². The van der Waals surface area contributed by atoms with Crippen molar-refractivity contribution >= 4 is 48.4 Å². The highest BCUT2D eigenvalue weighted by Gasteiger charge is 2.34. The van der Waals surface area contributed by atoms with Gasteiger partial charge in [-0.05, 0) is 49.4 Å². The van der Waals surface area contributed by atoms with Gasteiger partial charge in [-0.25, -0.2) is 18.4 Å². The van der Waals surface area contributed by atoms with Crippen molar-refractivity contribution in [1.82, 2.24) is 15.3 Å². The molecule has 1 aliphatic heterocycles. The lowest BCUT2D eigenvalue weighted by Crippen LogP contribution is -2.35. The molecule has 1 fully saturated rings. The highest BCUT2D eigenvalue weighted by Crippen LogP contribution is 2.33. The molecule has 0 aliphatic carbocycles. The molecule has 1 saturated heterocycles. The van der Waals surface area contributed by atoms with Crippen LogP contribution in [0.1, 0.15) is 49.4 Å². The Balaban J connectivity index is 1.50. The third kappa shape index (κ3) is 6.69. The number of piperidine rings is 1. The second-order valence-corrected chi connectivity index (χ2v) is 12.2. The number of thiazole rings is 1. The van der Waals surface area contributed by atoms with Gasteiger partial charge in [0.15, 0.2) is 5.13 Å². The number of nitrogens with zero attached hydrogens (tertiary/aromatic N) is 3. The molecule has 2 aromatic heterocycles. The van der Waals surface area contributed by atoms with Crippen LogP contribution in [0.2, 0.25) is 0 Å². The van der Waals surface area contributed by atoms with E-state index in [1.165, 1.54) is 6.07 Å². The number of fused-ring (bicyclic) bond motifs is 1. The maximum absolute atomic E-state index is 13.3. The number of rotatable bonds is 7. The van der Waals surface area contributed by atoms with Gasteiger partial charge < -0.3 is 10.2 Å². The number of hydrogen-bond acceptors (Lipinski definition) is 7. The molecule has 3 heterocycles. The fraction of sp³-hybridized carbons (Fsp3) is 0.458. The average Bonchev–Trinajstić information content (AvgIpc) is 3.21. The van der Waals surface area contributed by atoms with E-state index in [2.05, 4.69) is 26.9 Å². The number of aromatic nitrogens is 2. The molecule has 0 bridgehead atoms. The number of nitrogens with one attached hydrogen (secondary N) is 2. The lowest BCUT2D eigenvalue weighted by molar-refractivity contribution is -0.141. The molecule has 37 heavy (non-hydrogen) atoms. The molecule has 200 valence electrons. The first-order chi connectivity index (χ1) is 17.3. The second-order valence-electron chi connectivity index (χ2n) is 9.41. The molecular weight excluding hydrogens is 527 g/mol. The summed E-state index contributed by atoms with van der Waals surface area (Å²) in [7, 11) is -3.46. The summed E-state index contributed by atoms with van der Waals surface area (Å²) in [6.07, 6.45) is -1.79. The predicted molar refractivity (Wildman–Crippen MR) is 138 cm³/mol. The third-order valence-electron chi connectivity index (χ3n) is 6.36. The number of carbonyl (C=O) groups excluding carboxylic acids is 1. The van der Waals surface area contributed by atoms with Gasteiger partial charge in [0.05, 0.1) is 22.4 Å². The Hall–Kier alpha value is -2.93. The Bertz CT molecular complexity index is 1400. The molecule has 1 aliphatic rings. The van der Waals surface area contributed by atoms with E-state index in [-0.39, 0.29) is 23.4 Å². The lowest BCUT2D eigenvalue weighted by atomic mass is 9.98. The molecule has 3 aromatic rings. The van der Waals surface area contributed by atoms with Crippen LogP contribution in [0.5, 0.6) is 0 Å². The van der Waals surface area contributed by atoms with Gasteiger partial charge in [0.1, 0.15) is 11.5 Å². The van der Waals surface area contributed by atoms with Crippen molar-refractivity contribution in [2.24, 2.45) is 5.92 Å². The number of alkyl halides is 3. The zero-order valence-corrected chi connectivity index (χ0v) is 22.2. The van der Waals surface area contributed by atoms with Crippen LogP contribution in [0.25, 0.3) is 10.2 Å². The molecule has 0 spiro atoms. The van der Waals surface area contributed by atoms with Gasteiger partial charge in [-0.3, -0.25) is 9.52 Å². The molecule has 1 aromatic carbocycles. The minimum absolute atomic E-state index is 0.0426. The van der Waals surface area contributed by atoms with Crippen molar-refractivity contribution in [3.8, 4) is 0 Å². The largest absolute Gasteiger partial charge is 0.433 e. The van der Waals surface area contributed by atoms with Gasteiger partial charge in [-0.1, -0.05) is 30.4 Å². The average molecular weight is 556 g/mol. The summed E-state index contributed by atoms with van der Waals surface area (Å²) in [6, 6.07) is 7.57. The molecule has 1 amide bonds. The molecule has 2 N–H and O–H groups in total. The number of pyridine rings is 1. The minimum Gasteiger partial charge on any atom is -0.356 e. The van der Waals surface area contributed by atoms with Crippen molar-refractivity contribution in [2.45, 2.75) is 45.3 Å². The molecular formula is C24H28F3N5O3S2. The first-order valence-corrected chi connectivity index (χ1v) is 14.5.